The van der Waals surface area contributed by atoms with Crippen LogP contribution in [-0.4, -0.2) is 21.7 Å². The highest BCUT2D eigenvalue weighted by molar-refractivity contribution is 5.67. The van der Waals surface area contributed by atoms with E-state index >= 15 is 0 Å². The maximum absolute atomic E-state index is 5.91. The number of pyridine rings is 1. The Morgan fingerprint density at radius 1 is 1.26 bits per heavy atom. The lowest BCUT2D eigenvalue weighted by Gasteiger charge is -2.04. The van der Waals surface area contributed by atoms with Crippen molar-refractivity contribution in [2.75, 3.05) is 12.8 Å². The summed E-state index contributed by atoms with van der Waals surface area (Å²) < 4.78 is 6.91. The van der Waals surface area contributed by atoms with Crippen molar-refractivity contribution in [1.82, 2.24) is 14.6 Å². The lowest BCUT2D eigenvalue weighted by molar-refractivity contribution is 0.417. The SMILES string of the molecule is COc1ccc(-c2nc3c(C)cccn3n2)cc1N. The monoisotopic (exact) mass is 254 g/mol. The molecular formula is C14H14N4O. The molecule has 0 aliphatic heterocycles. The molecule has 0 amide bonds. The highest BCUT2D eigenvalue weighted by Crippen LogP contribution is 2.27. The molecule has 5 heteroatoms. The fourth-order valence-electron chi connectivity index (χ4n) is 2.04. The first-order chi connectivity index (χ1) is 9.19. The van der Waals surface area contributed by atoms with E-state index in [1.54, 1.807) is 11.6 Å². The van der Waals surface area contributed by atoms with Gasteiger partial charge in [0.25, 0.3) is 0 Å². The van der Waals surface area contributed by atoms with Crippen molar-refractivity contribution in [3.63, 3.8) is 0 Å². The van der Waals surface area contributed by atoms with E-state index in [9.17, 15) is 0 Å². The van der Waals surface area contributed by atoms with Crippen LogP contribution in [0.15, 0.2) is 36.5 Å². The second-order valence-corrected chi connectivity index (χ2v) is 4.35. The summed E-state index contributed by atoms with van der Waals surface area (Å²) in [7, 11) is 1.60. The highest BCUT2D eigenvalue weighted by atomic mass is 16.5. The van der Waals surface area contributed by atoms with Crippen molar-refractivity contribution >= 4 is 11.3 Å². The Kier molecular flexibility index (Phi) is 2.59. The molecule has 0 spiro atoms. The maximum atomic E-state index is 5.91. The molecule has 96 valence electrons. The summed E-state index contributed by atoms with van der Waals surface area (Å²) in [4.78, 5) is 4.53. The van der Waals surface area contributed by atoms with E-state index in [-0.39, 0.29) is 0 Å². The maximum Gasteiger partial charge on any atom is 0.182 e. The zero-order chi connectivity index (χ0) is 13.4. The van der Waals surface area contributed by atoms with Gasteiger partial charge in [0.05, 0.1) is 12.8 Å². The molecule has 2 N–H and O–H groups in total. The van der Waals surface area contributed by atoms with Crippen LogP contribution in [0, 0.1) is 6.92 Å². The number of anilines is 1. The Bertz CT molecular complexity index is 748. The first kappa shape index (κ1) is 11.5. The molecule has 0 unspecified atom stereocenters. The lowest BCUT2D eigenvalue weighted by Crippen LogP contribution is -1.93. The van der Waals surface area contributed by atoms with Crippen LogP contribution < -0.4 is 10.5 Å². The molecule has 0 aliphatic rings. The third kappa shape index (κ3) is 1.89. The molecule has 0 saturated carbocycles. The standard InChI is InChI=1S/C14H14N4O/c1-9-4-3-7-18-14(9)16-13(17-18)10-5-6-12(19-2)11(15)8-10/h3-8H,15H2,1-2H3. The van der Waals surface area contributed by atoms with Crippen molar-refractivity contribution in [3.05, 3.63) is 42.1 Å². The number of nitrogen functional groups attached to an aromatic ring is 1. The zero-order valence-electron chi connectivity index (χ0n) is 10.8. The number of hydrogen-bond acceptors (Lipinski definition) is 4. The third-order valence-electron chi connectivity index (χ3n) is 3.05. The van der Waals surface area contributed by atoms with E-state index in [2.05, 4.69) is 10.1 Å². The average molecular weight is 254 g/mol. The predicted octanol–water partition coefficient (Wildman–Crippen LogP) is 2.30. The van der Waals surface area contributed by atoms with E-state index in [0.29, 0.717) is 17.3 Å². The Balaban J connectivity index is 2.14. The first-order valence-electron chi connectivity index (χ1n) is 5.95. The first-order valence-corrected chi connectivity index (χ1v) is 5.95. The van der Waals surface area contributed by atoms with Gasteiger partial charge >= 0.3 is 0 Å². The van der Waals surface area contributed by atoms with Gasteiger partial charge in [-0.05, 0) is 36.8 Å². The van der Waals surface area contributed by atoms with Gasteiger partial charge in [-0.3, -0.25) is 0 Å². The predicted molar refractivity (Wildman–Crippen MR) is 74.1 cm³/mol. The molecule has 2 heterocycles. The minimum absolute atomic E-state index is 0.579. The van der Waals surface area contributed by atoms with Crippen LogP contribution in [0.2, 0.25) is 0 Å². The lowest BCUT2D eigenvalue weighted by atomic mass is 10.2. The topological polar surface area (TPSA) is 65.4 Å². The molecule has 1 aromatic carbocycles. The zero-order valence-corrected chi connectivity index (χ0v) is 10.8. The Morgan fingerprint density at radius 3 is 2.79 bits per heavy atom. The van der Waals surface area contributed by atoms with Gasteiger partial charge in [-0.1, -0.05) is 6.07 Å². The number of hydrogen-bond donors (Lipinski definition) is 1. The normalized spacial score (nSPS) is 10.8. The molecule has 0 radical (unpaired) electrons. The molecule has 19 heavy (non-hydrogen) atoms. The molecule has 3 rings (SSSR count). The molecule has 2 aromatic heterocycles. The van der Waals surface area contributed by atoms with Crippen LogP contribution in [0.4, 0.5) is 5.69 Å². The molecule has 0 fully saturated rings. The van der Waals surface area contributed by atoms with Crippen molar-refractivity contribution in [1.29, 1.82) is 0 Å². The number of nitrogens with two attached hydrogens (primary N) is 1. The average Bonchev–Trinajstić information content (AvgIpc) is 2.84. The second kappa shape index (κ2) is 4.28. The van der Waals surface area contributed by atoms with E-state index in [0.717, 1.165) is 16.8 Å². The van der Waals surface area contributed by atoms with Crippen LogP contribution in [0.5, 0.6) is 5.75 Å². The van der Waals surface area contributed by atoms with Crippen LogP contribution in [0.3, 0.4) is 0 Å². The van der Waals surface area contributed by atoms with Crippen molar-refractivity contribution in [2.45, 2.75) is 6.92 Å². The number of fused-ring (bicyclic) bond motifs is 1. The van der Waals surface area contributed by atoms with E-state index < -0.39 is 0 Å². The summed E-state index contributed by atoms with van der Waals surface area (Å²) in [6.45, 7) is 2.01. The molecule has 0 saturated heterocycles. The summed E-state index contributed by atoms with van der Waals surface area (Å²) in [5, 5.41) is 4.45. The van der Waals surface area contributed by atoms with Gasteiger partial charge in [0.1, 0.15) is 5.75 Å². The van der Waals surface area contributed by atoms with Crippen LogP contribution in [-0.2, 0) is 0 Å². The Morgan fingerprint density at radius 2 is 2.11 bits per heavy atom. The smallest absolute Gasteiger partial charge is 0.182 e. The van der Waals surface area contributed by atoms with Crippen LogP contribution in [0.1, 0.15) is 5.56 Å². The quantitative estimate of drug-likeness (QED) is 0.713. The Labute approximate surface area is 110 Å². The van der Waals surface area contributed by atoms with E-state index in [1.165, 1.54) is 0 Å². The number of rotatable bonds is 2. The number of nitrogens with zero attached hydrogens (tertiary/aromatic N) is 3. The van der Waals surface area contributed by atoms with E-state index in [4.69, 9.17) is 10.5 Å². The molecule has 3 aromatic rings. The largest absolute Gasteiger partial charge is 0.495 e. The number of aryl methyl sites for hydroxylation is 1. The minimum Gasteiger partial charge on any atom is -0.495 e. The molecule has 0 bridgehead atoms. The highest BCUT2D eigenvalue weighted by Gasteiger charge is 2.09. The van der Waals surface area contributed by atoms with Crippen LogP contribution >= 0.6 is 0 Å². The summed E-state index contributed by atoms with van der Waals surface area (Å²) in [6.07, 6.45) is 1.88. The molecule has 0 atom stereocenters. The Hall–Kier alpha value is -2.56. The number of methoxy groups -OCH3 is 1. The molecule has 0 aliphatic carbocycles. The second-order valence-electron chi connectivity index (χ2n) is 4.35. The number of aromatic nitrogens is 3. The van der Waals surface area contributed by atoms with Crippen molar-refractivity contribution in [3.8, 4) is 17.1 Å². The van der Waals surface area contributed by atoms with Gasteiger partial charge in [-0.25, -0.2) is 9.50 Å². The molecular weight excluding hydrogens is 240 g/mol. The number of ether oxygens (including phenoxy) is 1. The summed E-state index contributed by atoms with van der Waals surface area (Å²) in [5.41, 5.74) is 9.30. The van der Waals surface area contributed by atoms with Gasteiger partial charge in [-0.2, -0.15) is 0 Å². The van der Waals surface area contributed by atoms with Gasteiger partial charge in [0.15, 0.2) is 11.5 Å². The van der Waals surface area contributed by atoms with Crippen molar-refractivity contribution < 1.29 is 4.74 Å². The van der Waals surface area contributed by atoms with Gasteiger partial charge in [0.2, 0.25) is 0 Å². The summed E-state index contributed by atoms with van der Waals surface area (Å²) in [5.74, 6) is 1.31. The minimum atomic E-state index is 0.579. The van der Waals surface area contributed by atoms with Crippen molar-refractivity contribution in [2.24, 2.45) is 0 Å². The number of benzene rings is 1. The van der Waals surface area contributed by atoms with E-state index in [1.807, 2.05) is 43.5 Å². The summed E-state index contributed by atoms with van der Waals surface area (Å²) >= 11 is 0. The van der Waals surface area contributed by atoms with Crippen LogP contribution in [0.25, 0.3) is 17.0 Å². The molecule has 5 nitrogen and oxygen atoms in total. The third-order valence-corrected chi connectivity index (χ3v) is 3.05. The van der Waals surface area contributed by atoms with Gasteiger partial charge < -0.3 is 10.5 Å². The van der Waals surface area contributed by atoms with Gasteiger partial charge in [-0.15, -0.1) is 5.10 Å². The summed E-state index contributed by atoms with van der Waals surface area (Å²) in [6, 6.07) is 9.50. The van der Waals surface area contributed by atoms with Gasteiger partial charge in [0, 0.05) is 11.8 Å². The fourth-order valence-corrected chi connectivity index (χ4v) is 2.04. The fraction of sp³-hybridized carbons (Fsp3) is 0.143.